The van der Waals surface area contributed by atoms with Gasteiger partial charge in [-0.25, -0.2) is 4.98 Å². The van der Waals surface area contributed by atoms with Crippen LogP contribution in [0.5, 0.6) is 17.2 Å². The highest BCUT2D eigenvalue weighted by Crippen LogP contribution is 2.29. The van der Waals surface area contributed by atoms with Crippen LogP contribution in [0.4, 0.5) is 0 Å². The standard InChI is InChI=1S/C17H17NO5/c1-10-3-5-15(11(2)7-10)23-12-8-14(20)17(18-9-12)13(19)4-6-16(21)22/h3,5,7-9,20H,4,6H2,1-2H3,(H,21,22). The molecular weight excluding hydrogens is 298 g/mol. The van der Waals surface area contributed by atoms with Gasteiger partial charge in [-0.2, -0.15) is 0 Å². The van der Waals surface area contributed by atoms with E-state index in [0.717, 1.165) is 11.1 Å². The van der Waals surface area contributed by atoms with Crippen molar-refractivity contribution in [3.05, 3.63) is 47.3 Å². The lowest BCUT2D eigenvalue weighted by atomic mass is 10.1. The smallest absolute Gasteiger partial charge is 0.303 e. The van der Waals surface area contributed by atoms with Crippen LogP contribution in [0.2, 0.25) is 0 Å². The van der Waals surface area contributed by atoms with Gasteiger partial charge >= 0.3 is 5.97 Å². The number of pyridine rings is 1. The zero-order valence-electron chi connectivity index (χ0n) is 12.9. The van der Waals surface area contributed by atoms with E-state index >= 15 is 0 Å². The number of carbonyl (C=O) groups is 2. The first kappa shape index (κ1) is 16.5. The Kier molecular flexibility index (Phi) is 4.95. The Balaban J connectivity index is 2.15. The average Bonchev–Trinajstić information content (AvgIpc) is 2.48. The molecule has 23 heavy (non-hydrogen) atoms. The summed E-state index contributed by atoms with van der Waals surface area (Å²) in [7, 11) is 0. The molecular formula is C17H17NO5. The van der Waals surface area contributed by atoms with E-state index in [4.69, 9.17) is 9.84 Å². The number of rotatable bonds is 6. The Morgan fingerprint density at radius 2 is 1.91 bits per heavy atom. The Labute approximate surface area is 133 Å². The molecule has 0 bridgehead atoms. The Morgan fingerprint density at radius 1 is 1.17 bits per heavy atom. The number of nitrogens with zero attached hydrogens (tertiary/aromatic N) is 1. The molecule has 2 N–H and O–H groups in total. The number of hydrogen-bond acceptors (Lipinski definition) is 5. The van der Waals surface area contributed by atoms with Crippen LogP contribution in [-0.2, 0) is 4.79 Å². The lowest BCUT2D eigenvalue weighted by Crippen LogP contribution is -2.06. The Hall–Kier alpha value is -2.89. The van der Waals surface area contributed by atoms with Crippen LogP contribution in [0.15, 0.2) is 30.5 Å². The number of ketones is 1. The van der Waals surface area contributed by atoms with E-state index in [1.165, 1.54) is 12.3 Å². The predicted octanol–water partition coefficient (Wildman–Crippen LogP) is 3.24. The monoisotopic (exact) mass is 315 g/mol. The van der Waals surface area contributed by atoms with Gasteiger partial charge in [0, 0.05) is 12.5 Å². The lowest BCUT2D eigenvalue weighted by Gasteiger charge is -2.10. The number of carbonyl (C=O) groups excluding carboxylic acids is 1. The molecule has 0 saturated heterocycles. The summed E-state index contributed by atoms with van der Waals surface area (Å²) in [6.07, 6.45) is 0.806. The number of aryl methyl sites for hydroxylation is 2. The summed E-state index contributed by atoms with van der Waals surface area (Å²) >= 11 is 0. The van der Waals surface area contributed by atoms with Crippen LogP contribution >= 0.6 is 0 Å². The quantitative estimate of drug-likeness (QED) is 0.794. The molecule has 0 atom stereocenters. The second-order valence-electron chi connectivity index (χ2n) is 5.23. The van der Waals surface area contributed by atoms with Gasteiger partial charge < -0.3 is 14.9 Å². The number of hydrogen-bond donors (Lipinski definition) is 2. The number of carboxylic acid groups (broad SMARTS) is 1. The summed E-state index contributed by atoms with van der Waals surface area (Å²) in [5, 5.41) is 18.5. The van der Waals surface area contributed by atoms with E-state index in [1.807, 2.05) is 32.0 Å². The highest BCUT2D eigenvalue weighted by atomic mass is 16.5. The molecule has 6 nitrogen and oxygen atoms in total. The SMILES string of the molecule is Cc1ccc(Oc2cnc(C(=O)CCC(=O)O)c(O)c2)c(C)c1. The van der Waals surface area contributed by atoms with Crippen LogP contribution in [-0.4, -0.2) is 26.9 Å². The third-order valence-electron chi connectivity index (χ3n) is 3.23. The van der Waals surface area contributed by atoms with Gasteiger partial charge in [0.2, 0.25) is 0 Å². The summed E-state index contributed by atoms with van der Waals surface area (Å²) in [5.74, 6) is -1.01. The van der Waals surface area contributed by atoms with E-state index in [-0.39, 0.29) is 24.3 Å². The van der Waals surface area contributed by atoms with Crippen molar-refractivity contribution in [2.75, 3.05) is 0 Å². The lowest BCUT2D eigenvalue weighted by molar-refractivity contribution is -0.136. The molecule has 0 radical (unpaired) electrons. The average molecular weight is 315 g/mol. The van der Waals surface area contributed by atoms with Gasteiger partial charge in [0.15, 0.2) is 5.78 Å². The fourth-order valence-corrected chi connectivity index (χ4v) is 2.09. The molecule has 0 aliphatic rings. The van der Waals surface area contributed by atoms with Crippen LogP contribution in [0.1, 0.15) is 34.5 Å². The molecule has 0 fully saturated rings. The van der Waals surface area contributed by atoms with Gasteiger partial charge in [0.25, 0.3) is 0 Å². The van der Waals surface area contributed by atoms with Crippen molar-refractivity contribution >= 4 is 11.8 Å². The van der Waals surface area contributed by atoms with Crippen molar-refractivity contribution in [1.82, 2.24) is 4.98 Å². The third-order valence-corrected chi connectivity index (χ3v) is 3.23. The Bertz CT molecular complexity index is 755. The maximum atomic E-state index is 11.8. The van der Waals surface area contributed by atoms with Crippen molar-refractivity contribution in [3.63, 3.8) is 0 Å². The molecule has 2 aromatic rings. The molecule has 1 aromatic carbocycles. The van der Waals surface area contributed by atoms with Crippen molar-refractivity contribution in [3.8, 4) is 17.2 Å². The molecule has 1 heterocycles. The molecule has 0 spiro atoms. The van der Waals surface area contributed by atoms with E-state index < -0.39 is 11.8 Å². The first-order valence-corrected chi connectivity index (χ1v) is 7.06. The van der Waals surface area contributed by atoms with Gasteiger partial charge in [-0.05, 0) is 25.5 Å². The number of aromatic hydroxyl groups is 1. The Morgan fingerprint density at radius 3 is 2.52 bits per heavy atom. The van der Waals surface area contributed by atoms with Crippen molar-refractivity contribution in [2.24, 2.45) is 0 Å². The predicted molar refractivity (Wildman–Crippen MR) is 83.1 cm³/mol. The summed E-state index contributed by atoms with van der Waals surface area (Å²) in [4.78, 5) is 26.2. The first-order valence-electron chi connectivity index (χ1n) is 7.06. The van der Waals surface area contributed by atoms with Gasteiger partial charge in [0.05, 0.1) is 12.6 Å². The topological polar surface area (TPSA) is 96.7 Å². The number of Topliss-reactive ketones (excluding diaryl/α,β-unsaturated/α-hetero) is 1. The van der Waals surface area contributed by atoms with Gasteiger partial charge in [-0.1, -0.05) is 17.7 Å². The summed E-state index contributed by atoms with van der Waals surface area (Å²) in [5.41, 5.74) is 1.89. The van der Waals surface area contributed by atoms with Crippen molar-refractivity contribution in [1.29, 1.82) is 0 Å². The number of benzene rings is 1. The zero-order valence-corrected chi connectivity index (χ0v) is 12.9. The fourth-order valence-electron chi connectivity index (χ4n) is 2.09. The third kappa shape index (κ3) is 4.29. The van der Waals surface area contributed by atoms with E-state index in [2.05, 4.69) is 4.98 Å². The molecule has 1 aromatic heterocycles. The molecule has 0 amide bonds. The van der Waals surface area contributed by atoms with Crippen molar-refractivity contribution < 1.29 is 24.5 Å². The minimum absolute atomic E-state index is 0.153. The molecule has 0 unspecified atom stereocenters. The van der Waals surface area contributed by atoms with Gasteiger partial charge in [-0.15, -0.1) is 0 Å². The normalized spacial score (nSPS) is 10.3. The van der Waals surface area contributed by atoms with E-state index in [1.54, 1.807) is 0 Å². The van der Waals surface area contributed by atoms with Crippen molar-refractivity contribution in [2.45, 2.75) is 26.7 Å². The number of aromatic nitrogens is 1. The maximum absolute atomic E-state index is 11.8. The molecule has 0 aliphatic heterocycles. The minimum Gasteiger partial charge on any atom is -0.505 e. The molecule has 120 valence electrons. The first-order chi connectivity index (χ1) is 10.9. The van der Waals surface area contributed by atoms with Gasteiger partial charge in [-0.3, -0.25) is 9.59 Å². The summed E-state index contributed by atoms with van der Waals surface area (Å²) < 4.78 is 5.65. The largest absolute Gasteiger partial charge is 0.505 e. The zero-order chi connectivity index (χ0) is 17.0. The molecule has 0 aliphatic carbocycles. The number of carboxylic acids is 1. The highest BCUT2D eigenvalue weighted by molar-refractivity contribution is 5.98. The van der Waals surface area contributed by atoms with Crippen LogP contribution in [0.3, 0.4) is 0 Å². The fraction of sp³-hybridized carbons (Fsp3) is 0.235. The van der Waals surface area contributed by atoms with Crippen LogP contribution < -0.4 is 4.74 Å². The second-order valence-corrected chi connectivity index (χ2v) is 5.23. The van der Waals surface area contributed by atoms with Crippen LogP contribution in [0, 0.1) is 13.8 Å². The molecule has 6 heteroatoms. The summed E-state index contributed by atoms with van der Waals surface area (Å²) in [6, 6.07) is 6.97. The summed E-state index contributed by atoms with van der Waals surface area (Å²) in [6.45, 7) is 3.88. The van der Waals surface area contributed by atoms with E-state index in [9.17, 15) is 14.7 Å². The molecule has 0 saturated carbocycles. The maximum Gasteiger partial charge on any atom is 0.303 e. The highest BCUT2D eigenvalue weighted by Gasteiger charge is 2.15. The number of aliphatic carboxylic acids is 1. The second kappa shape index (κ2) is 6.91. The van der Waals surface area contributed by atoms with Crippen LogP contribution in [0.25, 0.3) is 0 Å². The minimum atomic E-state index is -1.08. The molecule has 2 rings (SSSR count). The van der Waals surface area contributed by atoms with Gasteiger partial charge in [0.1, 0.15) is 22.9 Å². The number of ether oxygens (including phenoxy) is 1. The van der Waals surface area contributed by atoms with E-state index in [0.29, 0.717) is 11.5 Å².